The number of rotatable bonds is 4. The lowest BCUT2D eigenvalue weighted by Crippen LogP contribution is -2.27. The summed E-state index contributed by atoms with van der Waals surface area (Å²) in [6, 6.07) is 4.57. The Labute approximate surface area is 120 Å². The van der Waals surface area contributed by atoms with Crippen LogP contribution in [0.25, 0.3) is 0 Å². The lowest BCUT2D eigenvalue weighted by Gasteiger charge is -2.26. The zero-order valence-electron chi connectivity index (χ0n) is 11.5. The first kappa shape index (κ1) is 13.3. The molecule has 1 aliphatic heterocycles. The molecule has 0 amide bonds. The Hall–Kier alpha value is -0.730. The second kappa shape index (κ2) is 5.72. The molecule has 0 aromatic heterocycles. The van der Waals surface area contributed by atoms with E-state index in [2.05, 4.69) is 24.4 Å². The first-order valence-corrected chi connectivity index (χ1v) is 7.86. The highest BCUT2D eigenvalue weighted by molar-refractivity contribution is 6.30. The summed E-state index contributed by atoms with van der Waals surface area (Å²) in [6.07, 6.45) is 6.34. The molecule has 0 saturated heterocycles. The zero-order chi connectivity index (χ0) is 13.2. The van der Waals surface area contributed by atoms with Crippen LogP contribution >= 0.6 is 11.6 Å². The van der Waals surface area contributed by atoms with Gasteiger partial charge < -0.3 is 10.1 Å². The van der Waals surface area contributed by atoms with Gasteiger partial charge in [-0.25, -0.2) is 0 Å². The van der Waals surface area contributed by atoms with Crippen LogP contribution in [0.1, 0.15) is 49.8 Å². The van der Waals surface area contributed by atoms with Gasteiger partial charge in [0.1, 0.15) is 5.75 Å². The first-order valence-electron chi connectivity index (χ1n) is 7.48. The van der Waals surface area contributed by atoms with Crippen LogP contribution in [0.2, 0.25) is 5.02 Å². The summed E-state index contributed by atoms with van der Waals surface area (Å²) in [7, 11) is 0. The van der Waals surface area contributed by atoms with Gasteiger partial charge in [-0.15, -0.1) is 0 Å². The van der Waals surface area contributed by atoms with Crippen molar-refractivity contribution in [1.29, 1.82) is 0 Å². The van der Waals surface area contributed by atoms with Crippen molar-refractivity contribution in [2.45, 2.75) is 45.1 Å². The summed E-state index contributed by atoms with van der Waals surface area (Å²) in [4.78, 5) is 0. The Morgan fingerprint density at radius 1 is 1.37 bits per heavy atom. The highest BCUT2D eigenvalue weighted by atomic mass is 35.5. The minimum absolute atomic E-state index is 0.401. The van der Waals surface area contributed by atoms with E-state index in [0.29, 0.717) is 6.04 Å². The molecule has 19 heavy (non-hydrogen) atoms. The van der Waals surface area contributed by atoms with Crippen molar-refractivity contribution in [2.75, 3.05) is 13.2 Å². The number of benzene rings is 1. The standard InChI is InChI=1S/C16H22ClNO/c1-2-18-15(11-5-3-4-6-11)14-10-13(17)9-12-7-8-19-16(12)14/h9-11,15,18H,2-8H2,1H3. The van der Waals surface area contributed by atoms with E-state index in [1.54, 1.807) is 0 Å². The lowest BCUT2D eigenvalue weighted by atomic mass is 9.90. The molecule has 2 nitrogen and oxygen atoms in total. The van der Waals surface area contributed by atoms with Gasteiger partial charge in [-0.3, -0.25) is 0 Å². The topological polar surface area (TPSA) is 21.3 Å². The van der Waals surface area contributed by atoms with Crippen molar-refractivity contribution in [3.8, 4) is 5.75 Å². The van der Waals surface area contributed by atoms with Crippen molar-refractivity contribution in [3.63, 3.8) is 0 Å². The van der Waals surface area contributed by atoms with Crippen LogP contribution in [0.4, 0.5) is 0 Å². The van der Waals surface area contributed by atoms with Crippen LogP contribution < -0.4 is 10.1 Å². The van der Waals surface area contributed by atoms with E-state index in [0.717, 1.165) is 36.3 Å². The molecule has 2 aliphatic rings. The Balaban J connectivity index is 1.97. The predicted octanol–water partition coefficient (Wildman–Crippen LogP) is 4.12. The monoisotopic (exact) mass is 279 g/mol. The predicted molar refractivity (Wildman–Crippen MR) is 79.0 cm³/mol. The molecule has 104 valence electrons. The maximum absolute atomic E-state index is 6.30. The molecule has 1 aromatic rings. The summed E-state index contributed by atoms with van der Waals surface area (Å²) in [6.45, 7) is 3.96. The summed E-state index contributed by atoms with van der Waals surface area (Å²) < 4.78 is 5.87. The smallest absolute Gasteiger partial charge is 0.127 e. The fourth-order valence-corrected chi connectivity index (χ4v) is 3.82. The van der Waals surface area contributed by atoms with Gasteiger partial charge in [0.25, 0.3) is 0 Å². The zero-order valence-corrected chi connectivity index (χ0v) is 12.3. The van der Waals surface area contributed by atoms with E-state index in [9.17, 15) is 0 Å². The molecule has 1 aromatic carbocycles. The third-order valence-electron chi connectivity index (χ3n) is 4.41. The van der Waals surface area contributed by atoms with Crippen LogP contribution in [-0.4, -0.2) is 13.2 Å². The van der Waals surface area contributed by atoms with Crippen LogP contribution in [0, 0.1) is 5.92 Å². The second-order valence-electron chi connectivity index (χ2n) is 5.66. The maximum atomic E-state index is 6.30. The van der Waals surface area contributed by atoms with E-state index >= 15 is 0 Å². The van der Waals surface area contributed by atoms with Crippen molar-refractivity contribution in [1.82, 2.24) is 5.32 Å². The van der Waals surface area contributed by atoms with E-state index < -0.39 is 0 Å². The summed E-state index contributed by atoms with van der Waals surface area (Å²) in [5.74, 6) is 1.83. The van der Waals surface area contributed by atoms with Crippen molar-refractivity contribution < 1.29 is 4.74 Å². The van der Waals surface area contributed by atoms with Gasteiger partial charge in [0.2, 0.25) is 0 Å². The number of fused-ring (bicyclic) bond motifs is 1. The third-order valence-corrected chi connectivity index (χ3v) is 4.63. The highest BCUT2D eigenvalue weighted by Crippen LogP contribution is 2.43. The minimum Gasteiger partial charge on any atom is -0.493 e. The largest absolute Gasteiger partial charge is 0.493 e. The molecule has 0 spiro atoms. The van der Waals surface area contributed by atoms with Gasteiger partial charge in [-0.1, -0.05) is 31.4 Å². The Morgan fingerprint density at radius 3 is 2.89 bits per heavy atom. The fourth-order valence-electron chi connectivity index (χ4n) is 3.57. The van der Waals surface area contributed by atoms with Crippen molar-refractivity contribution >= 4 is 11.6 Å². The molecule has 1 aliphatic carbocycles. The van der Waals surface area contributed by atoms with Gasteiger partial charge in [0.05, 0.1) is 6.61 Å². The summed E-state index contributed by atoms with van der Waals surface area (Å²) >= 11 is 6.30. The average molecular weight is 280 g/mol. The van der Waals surface area contributed by atoms with Crippen LogP contribution in [0.3, 0.4) is 0 Å². The molecule has 0 bridgehead atoms. The molecule has 1 N–H and O–H groups in total. The Bertz CT molecular complexity index is 454. The van der Waals surface area contributed by atoms with Gasteiger partial charge in [0.15, 0.2) is 0 Å². The van der Waals surface area contributed by atoms with Gasteiger partial charge in [0, 0.05) is 23.0 Å². The lowest BCUT2D eigenvalue weighted by molar-refractivity contribution is 0.328. The number of nitrogens with one attached hydrogen (secondary N) is 1. The molecular formula is C16H22ClNO. The fraction of sp³-hybridized carbons (Fsp3) is 0.625. The van der Waals surface area contributed by atoms with E-state index in [-0.39, 0.29) is 0 Å². The Kier molecular flexibility index (Phi) is 3.99. The average Bonchev–Trinajstić information content (AvgIpc) is 3.05. The van der Waals surface area contributed by atoms with Gasteiger partial charge in [-0.2, -0.15) is 0 Å². The SMILES string of the molecule is CCNC(c1cc(Cl)cc2c1OCC2)C1CCCC1. The first-order chi connectivity index (χ1) is 9.29. The highest BCUT2D eigenvalue weighted by Gasteiger charge is 2.30. The molecule has 1 atom stereocenters. The number of hydrogen-bond acceptors (Lipinski definition) is 2. The van der Waals surface area contributed by atoms with Crippen LogP contribution in [0.5, 0.6) is 5.75 Å². The summed E-state index contributed by atoms with van der Waals surface area (Å²) in [5.41, 5.74) is 2.57. The van der Waals surface area contributed by atoms with Crippen LogP contribution in [0.15, 0.2) is 12.1 Å². The number of ether oxygens (including phenoxy) is 1. The maximum Gasteiger partial charge on any atom is 0.127 e. The van der Waals surface area contributed by atoms with Gasteiger partial charge >= 0.3 is 0 Å². The molecule has 0 radical (unpaired) electrons. The summed E-state index contributed by atoms with van der Waals surface area (Å²) in [5, 5.41) is 4.51. The quantitative estimate of drug-likeness (QED) is 0.895. The van der Waals surface area contributed by atoms with E-state index in [4.69, 9.17) is 16.3 Å². The molecule has 1 saturated carbocycles. The van der Waals surface area contributed by atoms with E-state index in [1.165, 1.54) is 36.8 Å². The molecule has 1 heterocycles. The van der Waals surface area contributed by atoms with Gasteiger partial charge in [-0.05, 0) is 43.0 Å². The third kappa shape index (κ3) is 2.61. The molecule has 1 unspecified atom stereocenters. The number of halogens is 1. The van der Waals surface area contributed by atoms with E-state index in [1.807, 2.05) is 0 Å². The Morgan fingerprint density at radius 2 is 2.16 bits per heavy atom. The molecule has 3 heteroatoms. The second-order valence-corrected chi connectivity index (χ2v) is 6.10. The van der Waals surface area contributed by atoms with Crippen molar-refractivity contribution in [2.24, 2.45) is 5.92 Å². The molecule has 3 rings (SSSR count). The van der Waals surface area contributed by atoms with Crippen LogP contribution in [-0.2, 0) is 6.42 Å². The minimum atomic E-state index is 0.401. The number of hydrogen-bond donors (Lipinski definition) is 1. The van der Waals surface area contributed by atoms with Crippen molar-refractivity contribution in [3.05, 3.63) is 28.3 Å². The molecule has 1 fully saturated rings. The normalized spacial score (nSPS) is 20.3. The molecular weight excluding hydrogens is 258 g/mol.